The zero-order chi connectivity index (χ0) is 16.6. The lowest BCUT2D eigenvalue weighted by molar-refractivity contribution is -0.120. The summed E-state index contributed by atoms with van der Waals surface area (Å²) in [6.07, 6.45) is 8.33. The lowest BCUT2D eigenvalue weighted by Crippen LogP contribution is -2.53. The third-order valence-corrected chi connectivity index (χ3v) is 5.43. The fourth-order valence-corrected chi connectivity index (χ4v) is 4.16. The normalized spacial score (nSPS) is 23.5. The van der Waals surface area contributed by atoms with Crippen molar-refractivity contribution in [3.63, 3.8) is 0 Å². The Balaban J connectivity index is 1.47. The number of likely N-dealkylation sites (tertiary alicyclic amines) is 1. The summed E-state index contributed by atoms with van der Waals surface area (Å²) < 4.78 is 1.82. The Morgan fingerprint density at radius 1 is 1.33 bits per heavy atom. The van der Waals surface area contributed by atoms with Gasteiger partial charge < -0.3 is 5.32 Å². The molecule has 4 rings (SSSR count). The van der Waals surface area contributed by atoms with Gasteiger partial charge in [0.05, 0.1) is 11.9 Å². The molecular weight excluding hydrogens is 302 g/mol. The largest absolute Gasteiger partial charge is 0.350 e. The number of nitrogens with one attached hydrogen (secondary N) is 1. The van der Waals surface area contributed by atoms with Crippen LogP contribution in [-0.2, 0) is 18.4 Å². The van der Waals surface area contributed by atoms with Crippen LogP contribution < -0.4 is 5.32 Å². The van der Waals surface area contributed by atoms with Crippen LogP contribution in [0, 0.1) is 0 Å². The number of pyridine rings is 1. The summed E-state index contributed by atoms with van der Waals surface area (Å²) in [5, 5.41) is 7.59. The standard InChI is InChI=1S/C18H23N5O/c1-22-12-14(11-20-22)16-10-17(24)21-18(16)5-8-23(9-6-18)13-15-4-2-3-7-19-15/h2-4,7,11-12,16H,5-6,8-10,13H2,1H3,(H,21,24)/t16-/m1/s1. The first-order valence-electron chi connectivity index (χ1n) is 8.56. The highest BCUT2D eigenvalue weighted by atomic mass is 16.2. The molecule has 0 aromatic carbocycles. The average molecular weight is 325 g/mol. The molecule has 4 heterocycles. The van der Waals surface area contributed by atoms with E-state index in [0.717, 1.165) is 38.2 Å². The molecular formula is C18H23N5O. The summed E-state index contributed by atoms with van der Waals surface area (Å²) >= 11 is 0. The van der Waals surface area contributed by atoms with Crippen molar-refractivity contribution >= 4 is 5.91 Å². The number of hydrogen-bond donors (Lipinski definition) is 1. The highest BCUT2D eigenvalue weighted by Crippen LogP contribution is 2.43. The summed E-state index contributed by atoms with van der Waals surface area (Å²) in [5.74, 6) is 0.401. The molecule has 1 N–H and O–H groups in total. The van der Waals surface area contributed by atoms with Crippen molar-refractivity contribution in [3.05, 3.63) is 48.0 Å². The lowest BCUT2D eigenvalue weighted by Gasteiger charge is -2.42. The van der Waals surface area contributed by atoms with Crippen molar-refractivity contribution < 1.29 is 4.79 Å². The van der Waals surface area contributed by atoms with Crippen molar-refractivity contribution in [1.82, 2.24) is 25.0 Å². The van der Waals surface area contributed by atoms with Crippen LogP contribution in [-0.4, -0.2) is 44.2 Å². The maximum atomic E-state index is 12.1. The van der Waals surface area contributed by atoms with Crippen LogP contribution in [0.1, 0.15) is 36.4 Å². The van der Waals surface area contributed by atoms with Crippen LogP contribution in [0.2, 0.25) is 0 Å². The first-order chi connectivity index (χ1) is 11.6. The number of hydrogen-bond acceptors (Lipinski definition) is 4. The first kappa shape index (κ1) is 15.3. The molecule has 2 aliphatic rings. The van der Waals surface area contributed by atoms with Crippen molar-refractivity contribution in [3.8, 4) is 0 Å². The van der Waals surface area contributed by atoms with Gasteiger partial charge in [-0.2, -0.15) is 5.10 Å². The third kappa shape index (κ3) is 2.82. The van der Waals surface area contributed by atoms with Crippen molar-refractivity contribution in [2.45, 2.75) is 37.3 Å². The van der Waals surface area contributed by atoms with E-state index < -0.39 is 0 Å². The van der Waals surface area contributed by atoms with Crippen molar-refractivity contribution in [1.29, 1.82) is 0 Å². The Hall–Kier alpha value is -2.21. The fourth-order valence-electron chi connectivity index (χ4n) is 4.16. The quantitative estimate of drug-likeness (QED) is 0.928. The molecule has 0 aliphatic carbocycles. The summed E-state index contributed by atoms with van der Waals surface area (Å²) in [6.45, 7) is 2.84. The van der Waals surface area contributed by atoms with Crippen LogP contribution in [0.15, 0.2) is 36.8 Å². The van der Waals surface area contributed by atoms with E-state index >= 15 is 0 Å². The monoisotopic (exact) mass is 325 g/mol. The van der Waals surface area contributed by atoms with Crippen LogP contribution in [0.4, 0.5) is 0 Å². The van der Waals surface area contributed by atoms with E-state index in [1.165, 1.54) is 5.56 Å². The first-order valence-corrected chi connectivity index (χ1v) is 8.56. The highest BCUT2D eigenvalue weighted by Gasteiger charge is 2.48. The van der Waals surface area contributed by atoms with Gasteiger partial charge in [-0.25, -0.2) is 0 Å². The Bertz CT molecular complexity index is 718. The van der Waals surface area contributed by atoms with Crippen LogP contribution in [0.5, 0.6) is 0 Å². The molecule has 24 heavy (non-hydrogen) atoms. The molecule has 6 heteroatoms. The molecule has 2 saturated heterocycles. The van der Waals surface area contributed by atoms with Gasteiger partial charge in [0.15, 0.2) is 0 Å². The Labute approximate surface area is 141 Å². The van der Waals surface area contributed by atoms with Crippen LogP contribution in [0.25, 0.3) is 0 Å². The SMILES string of the molecule is Cn1cc([C@H]2CC(=O)NC23CCN(Cc2ccccn2)CC3)cn1. The van der Waals surface area contributed by atoms with Gasteiger partial charge in [0.2, 0.25) is 5.91 Å². The van der Waals surface area contributed by atoms with Crippen LogP contribution in [0.3, 0.4) is 0 Å². The summed E-state index contributed by atoms with van der Waals surface area (Å²) in [6, 6.07) is 6.05. The van der Waals surface area contributed by atoms with Gasteiger partial charge in [0, 0.05) is 57.0 Å². The predicted octanol–water partition coefficient (Wildman–Crippen LogP) is 1.45. The summed E-state index contributed by atoms with van der Waals surface area (Å²) in [4.78, 5) is 19.0. The summed E-state index contributed by atoms with van der Waals surface area (Å²) in [7, 11) is 1.93. The Kier molecular flexibility index (Phi) is 3.84. The Morgan fingerprint density at radius 3 is 2.83 bits per heavy atom. The Morgan fingerprint density at radius 2 is 2.17 bits per heavy atom. The van der Waals surface area contributed by atoms with E-state index in [1.807, 2.05) is 42.5 Å². The van der Waals surface area contributed by atoms with Crippen LogP contribution >= 0.6 is 0 Å². The molecule has 2 fully saturated rings. The van der Waals surface area contributed by atoms with E-state index in [1.54, 1.807) is 0 Å². The highest BCUT2D eigenvalue weighted by molar-refractivity contribution is 5.81. The molecule has 2 aromatic heterocycles. The smallest absolute Gasteiger partial charge is 0.221 e. The molecule has 0 unspecified atom stereocenters. The van der Waals surface area contributed by atoms with Gasteiger partial charge in [0.1, 0.15) is 0 Å². The lowest BCUT2D eigenvalue weighted by atomic mass is 9.75. The number of amides is 1. The van der Waals surface area contributed by atoms with E-state index in [0.29, 0.717) is 6.42 Å². The summed E-state index contributed by atoms with van der Waals surface area (Å²) in [5.41, 5.74) is 2.17. The number of aromatic nitrogens is 3. The number of rotatable bonds is 3. The molecule has 0 saturated carbocycles. The maximum absolute atomic E-state index is 12.1. The molecule has 2 aromatic rings. The number of carbonyl (C=O) groups is 1. The van der Waals surface area contributed by atoms with E-state index in [2.05, 4.69) is 26.4 Å². The molecule has 126 valence electrons. The molecule has 1 atom stereocenters. The molecule has 1 amide bonds. The maximum Gasteiger partial charge on any atom is 0.221 e. The number of carbonyl (C=O) groups excluding carboxylic acids is 1. The van der Waals surface area contributed by atoms with E-state index in [9.17, 15) is 4.79 Å². The molecule has 6 nitrogen and oxygen atoms in total. The number of aryl methyl sites for hydroxylation is 1. The van der Waals surface area contributed by atoms with Crippen molar-refractivity contribution in [2.75, 3.05) is 13.1 Å². The van der Waals surface area contributed by atoms with Gasteiger partial charge >= 0.3 is 0 Å². The minimum absolute atomic E-state index is 0.110. The zero-order valence-electron chi connectivity index (χ0n) is 14.0. The minimum atomic E-state index is -0.110. The number of nitrogens with zero attached hydrogens (tertiary/aromatic N) is 4. The average Bonchev–Trinajstić information content (AvgIpc) is 3.14. The van der Waals surface area contributed by atoms with Gasteiger partial charge in [-0.05, 0) is 30.5 Å². The molecule has 1 spiro atoms. The van der Waals surface area contributed by atoms with Gasteiger partial charge in [-0.15, -0.1) is 0 Å². The molecule has 0 bridgehead atoms. The second-order valence-electron chi connectivity index (χ2n) is 7.01. The second kappa shape index (κ2) is 6.02. The third-order valence-electron chi connectivity index (χ3n) is 5.43. The second-order valence-corrected chi connectivity index (χ2v) is 7.01. The van der Waals surface area contributed by atoms with Gasteiger partial charge in [-0.1, -0.05) is 6.07 Å². The van der Waals surface area contributed by atoms with Gasteiger partial charge in [-0.3, -0.25) is 19.4 Å². The molecule has 0 radical (unpaired) electrons. The fraction of sp³-hybridized carbons (Fsp3) is 0.500. The zero-order valence-corrected chi connectivity index (χ0v) is 14.0. The predicted molar refractivity (Wildman–Crippen MR) is 90.2 cm³/mol. The minimum Gasteiger partial charge on any atom is -0.350 e. The topological polar surface area (TPSA) is 63.1 Å². The molecule has 2 aliphatic heterocycles. The number of piperidine rings is 1. The van der Waals surface area contributed by atoms with E-state index in [4.69, 9.17) is 0 Å². The van der Waals surface area contributed by atoms with Gasteiger partial charge in [0.25, 0.3) is 0 Å². The van der Waals surface area contributed by atoms with E-state index in [-0.39, 0.29) is 17.4 Å². The van der Waals surface area contributed by atoms with Crippen molar-refractivity contribution in [2.24, 2.45) is 7.05 Å².